The monoisotopic (exact) mass is 348 g/mol. The standard InChI is InChI=1S/C19H20N6O/c1-26-8-7-25-11-16-17(21-13-22-18(16)24-25)23-15-9-19(10-15,12-20)14-5-3-2-4-6-14/h2-6,11,13,15H,7-10H2,1H3,(H,21,22,23,24). The fourth-order valence-corrected chi connectivity index (χ4v) is 3.52. The van der Waals surface area contributed by atoms with E-state index in [1.807, 2.05) is 41.2 Å². The molecule has 1 aromatic carbocycles. The molecule has 4 rings (SSSR count). The van der Waals surface area contributed by atoms with E-state index in [2.05, 4.69) is 26.5 Å². The highest BCUT2D eigenvalue weighted by Gasteiger charge is 2.46. The molecule has 0 spiro atoms. The number of rotatable bonds is 6. The number of ether oxygens (including phenoxy) is 1. The van der Waals surface area contributed by atoms with Crippen molar-refractivity contribution in [2.45, 2.75) is 30.8 Å². The summed E-state index contributed by atoms with van der Waals surface area (Å²) in [5, 5.41) is 18.5. The minimum Gasteiger partial charge on any atom is -0.383 e. The quantitative estimate of drug-likeness (QED) is 0.736. The van der Waals surface area contributed by atoms with Crippen LogP contribution in [0, 0.1) is 11.3 Å². The molecule has 26 heavy (non-hydrogen) atoms. The van der Waals surface area contributed by atoms with E-state index in [1.165, 1.54) is 6.33 Å². The van der Waals surface area contributed by atoms with Gasteiger partial charge in [-0.3, -0.25) is 4.68 Å². The number of hydrogen-bond acceptors (Lipinski definition) is 6. The zero-order valence-corrected chi connectivity index (χ0v) is 14.6. The molecule has 1 saturated carbocycles. The molecule has 0 unspecified atom stereocenters. The lowest BCUT2D eigenvalue weighted by Crippen LogP contribution is -2.47. The summed E-state index contributed by atoms with van der Waals surface area (Å²) in [6.07, 6.45) is 4.98. The van der Waals surface area contributed by atoms with Crippen LogP contribution >= 0.6 is 0 Å². The molecular weight excluding hydrogens is 328 g/mol. The Morgan fingerprint density at radius 1 is 1.31 bits per heavy atom. The van der Waals surface area contributed by atoms with E-state index in [1.54, 1.807) is 7.11 Å². The van der Waals surface area contributed by atoms with Crippen LogP contribution in [0.2, 0.25) is 0 Å². The van der Waals surface area contributed by atoms with Crippen molar-refractivity contribution in [2.24, 2.45) is 0 Å². The molecule has 0 radical (unpaired) electrons. The summed E-state index contributed by atoms with van der Waals surface area (Å²) in [6, 6.07) is 12.7. The van der Waals surface area contributed by atoms with Crippen molar-refractivity contribution in [1.82, 2.24) is 19.7 Å². The maximum absolute atomic E-state index is 9.70. The molecule has 2 aromatic heterocycles. The molecule has 0 atom stereocenters. The van der Waals surface area contributed by atoms with Crippen molar-refractivity contribution in [3.63, 3.8) is 0 Å². The smallest absolute Gasteiger partial charge is 0.186 e. The Morgan fingerprint density at radius 2 is 2.12 bits per heavy atom. The van der Waals surface area contributed by atoms with E-state index in [-0.39, 0.29) is 6.04 Å². The molecule has 1 N–H and O–H groups in total. The van der Waals surface area contributed by atoms with Gasteiger partial charge in [-0.15, -0.1) is 0 Å². The van der Waals surface area contributed by atoms with Crippen LogP contribution in [0.5, 0.6) is 0 Å². The first kappa shape index (κ1) is 16.5. The number of nitrogens with one attached hydrogen (secondary N) is 1. The van der Waals surface area contributed by atoms with Gasteiger partial charge in [0, 0.05) is 19.3 Å². The average Bonchev–Trinajstić information content (AvgIpc) is 3.07. The van der Waals surface area contributed by atoms with Crippen molar-refractivity contribution < 1.29 is 4.74 Å². The lowest BCUT2D eigenvalue weighted by molar-refractivity contribution is 0.184. The minimum absolute atomic E-state index is 0.204. The molecule has 0 aliphatic heterocycles. The van der Waals surface area contributed by atoms with Gasteiger partial charge in [0.25, 0.3) is 0 Å². The van der Waals surface area contributed by atoms with Gasteiger partial charge < -0.3 is 10.1 Å². The number of hydrogen-bond donors (Lipinski definition) is 1. The van der Waals surface area contributed by atoms with Gasteiger partial charge in [0.1, 0.15) is 12.1 Å². The molecular formula is C19H20N6O. The predicted octanol–water partition coefficient (Wildman–Crippen LogP) is 2.51. The number of nitrogens with zero attached hydrogens (tertiary/aromatic N) is 5. The summed E-state index contributed by atoms with van der Waals surface area (Å²) in [5.41, 5.74) is 1.33. The number of benzene rings is 1. The Bertz CT molecular complexity index is 940. The fraction of sp³-hybridized carbons (Fsp3) is 0.368. The number of nitriles is 1. The molecule has 0 amide bonds. The number of fused-ring (bicyclic) bond motifs is 1. The summed E-state index contributed by atoms with van der Waals surface area (Å²) in [6.45, 7) is 1.26. The number of methoxy groups -OCH3 is 1. The molecule has 7 nitrogen and oxygen atoms in total. The molecule has 0 saturated heterocycles. The first-order valence-electron chi connectivity index (χ1n) is 8.64. The Hall–Kier alpha value is -2.98. The van der Waals surface area contributed by atoms with Gasteiger partial charge in [-0.25, -0.2) is 9.97 Å². The van der Waals surface area contributed by atoms with Crippen LogP contribution in [-0.2, 0) is 16.7 Å². The van der Waals surface area contributed by atoms with Crippen molar-refractivity contribution in [1.29, 1.82) is 5.26 Å². The van der Waals surface area contributed by atoms with Crippen molar-refractivity contribution in [3.8, 4) is 6.07 Å². The van der Waals surface area contributed by atoms with Crippen LogP contribution in [0.4, 0.5) is 5.82 Å². The minimum atomic E-state index is -0.409. The summed E-state index contributed by atoms with van der Waals surface area (Å²) in [4.78, 5) is 8.62. The fourth-order valence-electron chi connectivity index (χ4n) is 3.52. The Labute approximate surface area is 151 Å². The third-order valence-corrected chi connectivity index (χ3v) is 4.96. The summed E-state index contributed by atoms with van der Waals surface area (Å²) >= 11 is 0. The van der Waals surface area contributed by atoms with Gasteiger partial charge in [-0.05, 0) is 18.4 Å². The maximum Gasteiger partial charge on any atom is 0.186 e. The molecule has 7 heteroatoms. The lowest BCUT2D eigenvalue weighted by Gasteiger charge is -2.43. The molecule has 0 bridgehead atoms. The van der Waals surface area contributed by atoms with Crippen molar-refractivity contribution in [3.05, 3.63) is 48.4 Å². The van der Waals surface area contributed by atoms with E-state index in [0.29, 0.717) is 18.8 Å². The first-order chi connectivity index (χ1) is 12.7. The van der Waals surface area contributed by atoms with Crippen LogP contribution in [0.1, 0.15) is 18.4 Å². The third kappa shape index (κ3) is 2.89. The highest BCUT2D eigenvalue weighted by atomic mass is 16.5. The Morgan fingerprint density at radius 3 is 2.85 bits per heavy atom. The van der Waals surface area contributed by atoms with Gasteiger partial charge in [0.2, 0.25) is 0 Å². The SMILES string of the molecule is COCCn1cc2c(NC3CC(C#N)(c4ccccc4)C3)ncnc2n1. The van der Waals surface area contributed by atoms with Crippen LogP contribution in [0.25, 0.3) is 11.0 Å². The second-order valence-electron chi connectivity index (χ2n) is 6.65. The summed E-state index contributed by atoms with van der Waals surface area (Å²) in [7, 11) is 1.67. The van der Waals surface area contributed by atoms with Crippen LogP contribution < -0.4 is 5.32 Å². The molecule has 1 fully saturated rings. The van der Waals surface area contributed by atoms with E-state index >= 15 is 0 Å². The van der Waals surface area contributed by atoms with Gasteiger partial charge in [-0.2, -0.15) is 10.4 Å². The largest absolute Gasteiger partial charge is 0.383 e. The molecule has 132 valence electrons. The van der Waals surface area contributed by atoms with Crippen LogP contribution in [0.15, 0.2) is 42.9 Å². The zero-order chi connectivity index (χ0) is 18.0. The van der Waals surface area contributed by atoms with Crippen molar-refractivity contribution in [2.75, 3.05) is 19.0 Å². The lowest BCUT2D eigenvalue weighted by atomic mass is 9.62. The van der Waals surface area contributed by atoms with Gasteiger partial charge in [0.05, 0.1) is 30.0 Å². The molecule has 3 aromatic rings. The number of anilines is 1. The van der Waals surface area contributed by atoms with E-state index < -0.39 is 5.41 Å². The molecule has 1 aliphatic carbocycles. The van der Waals surface area contributed by atoms with Gasteiger partial charge in [0.15, 0.2) is 5.65 Å². The Balaban J connectivity index is 1.51. The zero-order valence-electron chi connectivity index (χ0n) is 14.6. The molecule has 2 heterocycles. The third-order valence-electron chi connectivity index (χ3n) is 4.96. The van der Waals surface area contributed by atoms with Crippen LogP contribution in [-0.4, -0.2) is 39.5 Å². The second-order valence-corrected chi connectivity index (χ2v) is 6.65. The normalized spacial score (nSPS) is 21.9. The summed E-state index contributed by atoms with van der Waals surface area (Å²) < 4.78 is 6.92. The highest BCUT2D eigenvalue weighted by molar-refractivity contribution is 5.85. The topological polar surface area (TPSA) is 88.6 Å². The second kappa shape index (κ2) is 6.73. The average molecular weight is 348 g/mol. The van der Waals surface area contributed by atoms with E-state index in [4.69, 9.17) is 4.74 Å². The van der Waals surface area contributed by atoms with E-state index in [0.717, 1.165) is 29.6 Å². The van der Waals surface area contributed by atoms with Gasteiger partial charge in [-0.1, -0.05) is 30.3 Å². The Kier molecular flexibility index (Phi) is 4.27. The summed E-state index contributed by atoms with van der Waals surface area (Å²) in [5.74, 6) is 0.767. The maximum atomic E-state index is 9.70. The first-order valence-corrected chi connectivity index (χ1v) is 8.64. The van der Waals surface area contributed by atoms with Gasteiger partial charge >= 0.3 is 0 Å². The highest BCUT2D eigenvalue weighted by Crippen LogP contribution is 2.44. The molecule has 1 aliphatic rings. The predicted molar refractivity (Wildman–Crippen MR) is 97.6 cm³/mol. The number of aromatic nitrogens is 4. The van der Waals surface area contributed by atoms with Crippen LogP contribution in [0.3, 0.4) is 0 Å². The van der Waals surface area contributed by atoms with Crippen molar-refractivity contribution >= 4 is 16.9 Å². The van der Waals surface area contributed by atoms with E-state index in [9.17, 15) is 5.26 Å².